The quantitative estimate of drug-likeness (QED) is 0.752. The SMILES string of the molecule is COc1cc2c(c(OC)c1OC)C(=O)N(C(CO)C(=O)O)C2C#N. The number of hydrogen-bond acceptors (Lipinski definition) is 7. The summed E-state index contributed by atoms with van der Waals surface area (Å²) >= 11 is 0. The van der Waals surface area contributed by atoms with E-state index in [0.29, 0.717) is 0 Å². The maximum absolute atomic E-state index is 12.7. The zero-order valence-electron chi connectivity index (χ0n) is 13.3. The summed E-state index contributed by atoms with van der Waals surface area (Å²) in [5.74, 6) is -1.73. The molecular formula is C15H16N2O7. The Hall–Kier alpha value is -2.99. The molecule has 128 valence electrons. The van der Waals surface area contributed by atoms with Crippen LogP contribution in [0.1, 0.15) is 22.0 Å². The van der Waals surface area contributed by atoms with Crippen molar-refractivity contribution in [3.05, 3.63) is 17.2 Å². The van der Waals surface area contributed by atoms with Crippen LogP contribution in [-0.2, 0) is 4.79 Å². The molecule has 1 aliphatic rings. The average Bonchev–Trinajstić information content (AvgIpc) is 2.85. The summed E-state index contributed by atoms with van der Waals surface area (Å²) < 4.78 is 15.6. The molecule has 0 radical (unpaired) electrons. The van der Waals surface area contributed by atoms with E-state index in [2.05, 4.69) is 0 Å². The molecule has 1 aromatic rings. The topological polar surface area (TPSA) is 129 Å². The van der Waals surface area contributed by atoms with Gasteiger partial charge in [-0.2, -0.15) is 5.26 Å². The van der Waals surface area contributed by atoms with Crippen molar-refractivity contribution in [2.24, 2.45) is 0 Å². The summed E-state index contributed by atoms with van der Waals surface area (Å²) in [5, 5.41) is 28.0. The molecule has 0 aromatic heterocycles. The Balaban J connectivity index is 2.74. The van der Waals surface area contributed by atoms with Crippen molar-refractivity contribution in [2.45, 2.75) is 12.1 Å². The normalized spacial score (nSPS) is 17.0. The summed E-state index contributed by atoms with van der Waals surface area (Å²) in [6.07, 6.45) is 0. The number of benzene rings is 1. The number of aliphatic hydroxyl groups excluding tert-OH is 1. The van der Waals surface area contributed by atoms with Crippen LogP contribution >= 0.6 is 0 Å². The van der Waals surface area contributed by atoms with Crippen molar-refractivity contribution in [1.82, 2.24) is 4.90 Å². The highest BCUT2D eigenvalue weighted by Crippen LogP contribution is 2.48. The van der Waals surface area contributed by atoms with Gasteiger partial charge >= 0.3 is 5.97 Å². The lowest BCUT2D eigenvalue weighted by Gasteiger charge is -2.25. The van der Waals surface area contributed by atoms with Crippen LogP contribution in [0.25, 0.3) is 0 Å². The van der Waals surface area contributed by atoms with E-state index in [9.17, 15) is 25.1 Å². The Morgan fingerprint density at radius 3 is 2.38 bits per heavy atom. The molecule has 1 aromatic carbocycles. The first-order valence-corrected chi connectivity index (χ1v) is 6.85. The van der Waals surface area contributed by atoms with Crippen molar-refractivity contribution in [3.63, 3.8) is 0 Å². The molecule has 1 heterocycles. The minimum absolute atomic E-state index is 0.0152. The van der Waals surface area contributed by atoms with Crippen molar-refractivity contribution < 1.29 is 34.0 Å². The molecule has 24 heavy (non-hydrogen) atoms. The van der Waals surface area contributed by atoms with E-state index < -0.39 is 30.6 Å². The number of methoxy groups -OCH3 is 3. The molecule has 0 saturated heterocycles. The molecule has 2 rings (SSSR count). The first kappa shape index (κ1) is 17.4. The highest BCUT2D eigenvalue weighted by atomic mass is 16.5. The van der Waals surface area contributed by atoms with Gasteiger partial charge in [0.05, 0.1) is 39.6 Å². The minimum atomic E-state index is -1.56. The van der Waals surface area contributed by atoms with Gasteiger partial charge in [-0.15, -0.1) is 0 Å². The highest BCUT2D eigenvalue weighted by molar-refractivity contribution is 6.05. The molecule has 0 aliphatic carbocycles. The lowest BCUT2D eigenvalue weighted by Crippen LogP contribution is -2.45. The zero-order valence-corrected chi connectivity index (χ0v) is 13.3. The molecule has 9 heteroatoms. The number of rotatable bonds is 6. The second-order valence-electron chi connectivity index (χ2n) is 4.89. The Kier molecular flexibility index (Phi) is 4.80. The molecule has 2 atom stereocenters. The Bertz CT molecular complexity index is 726. The molecule has 0 fully saturated rings. The number of amides is 1. The molecule has 2 N–H and O–H groups in total. The van der Waals surface area contributed by atoms with Gasteiger partial charge in [-0.1, -0.05) is 0 Å². The zero-order chi connectivity index (χ0) is 18.0. The fraction of sp³-hybridized carbons (Fsp3) is 0.400. The Labute approximate surface area is 137 Å². The molecule has 2 unspecified atom stereocenters. The second kappa shape index (κ2) is 6.64. The molecule has 1 aliphatic heterocycles. The number of ether oxygens (including phenoxy) is 3. The third kappa shape index (κ3) is 2.37. The number of carbonyl (C=O) groups is 2. The van der Waals surface area contributed by atoms with Crippen LogP contribution in [0.3, 0.4) is 0 Å². The minimum Gasteiger partial charge on any atom is -0.493 e. The number of aliphatic carboxylic acids is 1. The maximum Gasteiger partial charge on any atom is 0.328 e. The average molecular weight is 336 g/mol. The molecule has 1 amide bonds. The van der Waals surface area contributed by atoms with E-state index in [0.717, 1.165) is 4.90 Å². The summed E-state index contributed by atoms with van der Waals surface area (Å²) in [4.78, 5) is 24.9. The standard InChI is InChI=1S/C15H16N2O7/c1-22-10-4-7-8(5-16)17(9(6-18)15(20)21)14(19)11(7)13(24-3)12(10)23-2/h4,8-9,18H,6H2,1-3H3,(H,20,21). The molecule has 0 saturated carbocycles. The largest absolute Gasteiger partial charge is 0.493 e. The van der Waals surface area contributed by atoms with Crippen LogP contribution in [0.5, 0.6) is 17.2 Å². The first-order chi connectivity index (χ1) is 11.5. The van der Waals surface area contributed by atoms with Crippen molar-refractivity contribution >= 4 is 11.9 Å². The summed E-state index contributed by atoms with van der Waals surface area (Å²) in [7, 11) is 4.06. The number of nitrogens with zero attached hydrogens (tertiary/aromatic N) is 2. The Morgan fingerprint density at radius 2 is 1.96 bits per heavy atom. The third-order valence-electron chi connectivity index (χ3n) is 3.80. The highest BCUT2D eigenvalue weighted by Gasteiger charge is 2.46. The fourth-order valence-electron chi connectivity index (χ4n) is 2.75. The summed E-state index contributed by atoms with van der Waals surface area (Å²) in [5.41, 5.74) is 0.248. The number of carboxylic acids is 1. The van der Waals surface area contributed by atoms with Crippen LogP contribution in [0.4, 0.5) is 0 Å². The molecule has 0 spiro atoms. The monoisotopic (exact) mass is 336 g/mol. The van der Waals surface area contributed by atoms with Gasteiger partial charge in [-0.05, 0) is 6.07 Å². The lowest BCUT2D eigenvalue weighted by molar-refractivity contribution is -0.144. The van der Waals surface area contributed by atoms with Gasteiger partial charge < -0.3 is 29.3 Å². The van der Waals surface area contributed by atoms with Gasteiger partial charge in [0.25, 0.3) is 5.91 Å². The van der Waals surface area contributed by atoms with Crippen molar-refractivity contribution in [1.29, 1.82) is 5.26 Å². The van der Waals surface area contributed by atoms with Crippen LogP contribution in [0.15, 0.2) is 6.07 Å². The van der Waals surface area contributed by atoms with E-state index in [1.54, 1.807) is 0 Å². The first-order valence-electron chi connectivity index (χ1n) is 6.85. The number of carboxylic acid groups (broad SMARTS) is 1. The summed E-state index contributed by atoms with van der Waals surface area (Å²) in [6, 6.07) is 0.560. The predicted octanol–water partition coefficient (Wildman–Crippen LogP) is 0.178. The number of nitriles is 1. The third-order valence-corrected chi connectivity index (χ3v) is 3.80. The van der Waals surface area contributed by atoms with Gasteiger partial charge in [-0.25, -0.2) is 4.79 Å². The predicted molar refractivity (Wildman–Crippen MR) is 79.1 cm³/mol. The van der Waals surface area contributed by atoms with Gasteiger partial charge in [0, 0.05) is 5.56 Å². The smallest absolute Gasteiger partial charge is 0.328 e. The Morgan fingerprint density at radius 1 is 1.33 bits per heavy atom. The van der Waals surface area contributed by atoms with E-state index in [-0.39, 0.29) is 28.4 Å². The molecule has 9 nitrogen and oxygen atoms in total. The number of hydrogen-bond donors (Lipinski definition) is 2. The van der Waals surface area contributed by atoms with E-state index in [1.807, 2.05) is 6.07 Å². The van der Waals surface area contributed by atoms with E-state index in [4.69, 9.17) is 14.2 Å². The van der Waals surface area contributed by atoms with Crippen molar-refractivity contribution in [3.8, 4) is 23.3 Å². The van der Waals surface area contributed by atoms with E-state index in [1.165, 1.54) is 27.4 Å². The maximum atomic E-state index is 12.7. The lowest BCUT2D eigenvalue weighted by atomic mass is 10.0. The number of aliphatic hydroxyl groups is 1. The van der Waals surface area contributed by atoms with Gasteiger partial charge in [-0.3, -0.25) is 4.79 Å². The number of fused-ring (bicyclic) bond motifs is 1. The van der Waals surface area contributed by atoms with Gasteiger partial charge in [0.1, 0.15) is 6.04 Å². The number of carbonyl (C=O) groups excluding carboxylic acids is 1. The molecule has 0 bridgehead atoms. The fourth-order valence-corrected chi connectivity index (χ4v) is 2.75. The van der Waals surface area contributed by atoms with Crippen LogP contribution in [0.2, 0.25) is 0 Å². The second-order valence-corrected chi connectivity index (χ2v) is 4.89. The van der Waals surface area contributed by atoms with E-state index >= 15 is 0 Å². The summed E-state index contributed by atoms with van der Waals surface area (Å²) in [6.45, 7) is -0.830. The van der Waals surface area contributed by atoms with Crippen LogP contribution < -0.4 is 14.2 Å². The van der Waals surface area contributed by atoms with Gasteiger partial charge in [0.2, 0.25) is 5.75 Å². The van der Waals surface area contributed by atoms with Gasteiger partial charge in [0.15, 0.2) is 17.5 Å². The van der Waals surface area contributed by atoms with Crippen LogP contribution in [-0.4, -0.2) is 61.0 Å². The van der Waals surface area contributed by atoms with Crippen LogP contribution in [0, 0.1) is 11.3 Å². The van der Waals surface area contributed by atoms with Crippen molar-refractivity contribution in [2.75, 3.05) is 27.9 Å². The molecular weight excluding hydrogens is 320 g/mol.